The monoisotopic (exact) mass is 375 g/mol. The van der Waals surface area contributed by atoms with Crippen molar-refractivity contribution in [1.29, 1.82) is 0 Å². The highest BCUT2D eigenvalue weighted by Crippen LogP contribution is 2.27. The molecule has 0 amide bonds. The van der Waals surface area contributed by atoms with E-state index in [0.717, 1.165) is 29.7 Å². The van der Waals surface area contributed by atoms with Crippen molar-refractivity contribution in [2.24, 2.45) is 0 Å². The van der Waals surface area contributed by atoms with Crippen LogP contribution in [0, 0.1) is 0 Å². The van der Waals surface area contributed by atoms with Gasteiger partial charge in [0.05, 0.1) is 0 Å². The Morgan fingerprint density at radius 3 is 2.70 bits per heavy atom. The molecule has 1 aliphatic heterocycles. The van der Waals surface area contributed by atoms with Crippen LogP contribution >= 0.6 is 15.9 Å². The van der Waals surface area contributed by atoms with Gasteiger partial charge in [-0.15, -0.1) is 0 Å². The Labute approximate surface area is 146 Å². The predicted octanol–water partition coefficient (Wildman–Crippen LogP) is 3.85. The Hall–Kier alpha value is -1.36. The number of hydrogen-bond acceptors (Lipinski definition) is 3. The number of piperidine rings is 1. The molecule has 0 radical (unpaired) electrons. The fraction of sp³-hybridized carbons (Fsp3) is 0.368. The van der Waals surface area contributed by atoms with Gasteiger partial charge in [-0.3, -0.25) is 4.90 Å². The summed E-state index contributed by atoms with van der Waals surface area (Å²) in [7, 11) is 0. The minimum Gasteiger partial charge on any atom is -0.487 e. The number of β-amino-alcohol motifs (C(OH)–C–C–N with tert-alkyl or cyclic N) is 1. The number of hydrogen-bond donors (Lipinski definition) is 1. The first-order valence-electron chi connectivity index (χ1n) is 7.94. The maximum atomic E-state index is 10.8. The number of likely N-dealkylation sites (tertiary alicyclic amines) is 1. The normalized spacial score (nSPS) is 25.3. The number of nitrogens with zero attached hydrogens (tertiary/aromatic N) is 1. The maximum Gasteiger partial charge on any atom is 0.129 e. The van der Waals surface area contributed by atoms with Gasteiger partial charge in [-0.1, -0.05) is 46.3 Å². The van der Waals surface area contributed by atoms with Gasteiger partial charge in [-0.25, -0.2) is 0 Å². The van der Waals surface area contributed by atoms with Crippen molar-refractivity contribution in [3.63, 3.8) is 0 Å². The second-order valence-electron chi connectivity index (χ2n) is 6.41. The molecule has 4 heteroatoms. The van der Waals surface area contributed by atoms with Crippen molar-refractivity contribution in [2.75, 3.05) is 13.1 Å². The largest absolute Gasteiger partial charge is 0.487 e. The van der Waals surface area contributed by atoms with Crippen LogP contribution in [0.4, 0.5) is 0 Å². The molecular weight excluding hydrogens is 354 g/mol. The van der Waals surface area contributed by atoms with E-state index in [1.165, 1.54) is 5.56 Å². The first-order valence-corrected chi connectivity index (χ1v) is 8.73. The first-order chi connectivity index (χ1) is 11.0. The summed E-state index contributed by atoms with van der Waals surface area (Å²) in [5.41, 5.74) is 0.387. The lowest BCUT2D eigenvalue weighted by Gasteiger charge is -2.42. The zero-order chi connectivity index (χ0) is 16.3. The third-order valence-electron chi connectivity index (χ3n) is 4.26. The maximum absolute atomic E-state index is 10.8. The number of aliphatic hydroxyl groups is 1. The Bertz CT molecular complexity index is 645. The average molecular weight is 376 g/mol. The fourth-order valence-electron chi connectivity index (χ4n) is 3.12. The summed E-state index contributed by atoms with van der Waals surface area (Å²) in [5.74, 6) is 0.818. The smallest absolute Gasteiger partial charge is 0.129 e. The topological polar surface area (TPSA) is 32.7 Å². The van der Waals surface area contributed by atoms with Gasteiger partial charge >= 0.3 is 0 Å². The van der Waals surface area contributed by atoms with E-state index in [1.54, 1.807) is 0 Å². The third-order valence-corrected chi connectivity index (χ3v) is 4.75. The molecule has 3 nitrogen and oxygen atoms in total. The highest BCUT2D eigenvalue weighted by Gasteiger charge is 2.39. The summed E-state index contributed by atoms with van der Waals surface area (Å²) in [6, 6.07) is 18.0. The van der Waals surface area contributed by atoms with Crippen molar-refractivity contribution in [3.05, 3.63) is 64.6 Å². The van der Waals surface area contributed by atoms with Gasteiger partial charge in [0, 0.05) is 24.1 Å². The van der Waals surface area contributed by atoms with Crippen molar-refractivity contribution in [3.8, 4) is 5.75 Å². The second kappa shape index (κ2) is 7.04. The Morgan fingerprint density at radius 2 is 2.00 bits per heavy atom. The van der Waals surface area contributed by atoms with Crippen molar-refractivity contribution in [1.82, 2.24) is 4.90 Å². The van der Waals surface area contributed by atoms with Gasteiger partial charge < -0.3 is 9.84 Å². The lowest BCUT2D eigenvalue weighted by Crippen LogP contribution is -2.56. The van der Waals surface area contributed by atoms with Gasteiger partial charge in [-0.2, -0.15) is 0 Å². The highest BCUT2D eigenvalue weighted by molar-refractivity contribution is 9.10. The van der Waals surface area contributed by atoms with Crippen LogP contribution in [0.15, 0.2) is 59.1 Å². The van der Waals surface area contributed by atoms with E-state index in [0.29, 0.717) is 6.54 Å². The molecule has 1 fully saturated rings. The fourth-order valence-corrected chi connectivity index (χ4v) is 3.57. The van der Waals surface area contributed by atoms with Crippen LogP contribution < -0.4 is 4.74 Å². The van der Waals surface area contributed by atoms with Gasteiger partial charge in [0.1, 0.15) is 17.5 Å². The van der Waals surface area contributed by atoms with E-state index in [4.69, 9.17) is 4.74 Å². The average Bonchev–Trinajstić information content (AvgIpc) is 2.51. The van der Waals surface area contributed by atoms with Gasteiger partial charge in [-0.05, 0) is 43.2 Å². The van der Waals surface area contributed by atoms with Gasteiger partial charge in [0.2, 0.25) is 0 Å². The van der Waals surface area contributed by atoms with E-state index in [1.807, 2.05) is 49.4 Å². The van der Waals surface area contributed by atoms with E-state index in [-0.39, 0.29) is 6.10 Å². The highest BCUT2D eigenvalue weighted by atomic mass is 79.9. The Morgan fingerprint density at radius 1 is 1.22 bits per heavy atom. The van der Waals surface area contributed by atoms with Crippen molar-refractivity contribution >= 4 is 15.9 Å². The lowest BCUT2D eigenvalue weighted by atomic mass is 9.91. The summed E-state index contributed by atoms with van der Waals surface area (Å²) in [6.45, 7) is 4.23. The molecule has 0 unspecified atom stereocenters. The molecule has 0 bridgehead atoms. The molecule has 0 aromatic heterocycles. The molecule has 3 rings (SSSR count). The molecule has 1 saturated heterocycles. The van der Waals surface area contributed by atoms with Crippen LogP contribution in [-0.4, -0.2) is 34.8 Å². The molecule has 2 atom stereocenters. The van der Waals surface area contributed by atoms with Crippen LogP contribution in [0.1, 0.15) is 18.9 Å². The van der Waals surface area contributed by atoms with E-state index < -0.39 is 5.60 Å². The van der Waals surface area contributed by atoms with E-state index >= 15 is 0 Å². The standard InChI is InChI=1S/C19H22BrNO2/c1-19(22)14-21(13-15-6-5-7-16(20)12-15)11-10-18(19)23-17-8-3-2-4-9-17/h2-9,12,18,22H,10-11,13-14H2,1H3/t18-,19-/m0/s1. The molecule has 2 aromatic rings. The summed E-state index contributed by atoms with van der Waals surface area (Å²) in [6.07, 6.45) is 0.638. The van der Waals surface area contributed by atoms with Crippen LogP contribution in [0.2, 0.25) is 0 Å². The van der Waals surface area contributed by atoms with Crippen LogP contribution in [-0.2, 0) is 6.54 Å². The molecule has 2 aromatic carbocycles. The predicted molar refractivity (Wildman–Crippen MR) is 95.5 cm³/mol. The number of ether oxygens (including phenoxy) is 1. The number of benzene rings is 2. The summed E-state index contributed by atoms with van der Waals surface area (Å²) in [5, 5.41) is 10.8. The molecule has 1 heterocycles. The molecule has 0 spiro atoms. The summed E-state index contributed by atoms with van der Waals surface area (Å²) in [4.78, 5) is 2.28. The SMILES string of the molecule is C[C@]1(O)CN(Cc2cccc(Br)c2)CC[C@@H]1Oc1ccccc1. The third kappa shape index (κ3) is 4.34. The Balaban J connectivity index is 1.63. The van der Waals surface area contributed by atoms with Crippen molar-refractivity contribution in [2.45, 2.75) is 31.6 Å². The molecule has 0 saturated carbocycles. The van der Waals surface area contributed by atoms with Crippen molar-refractivity contribution < 1.29 is 9.84 Å². The number of para-hydroxylation sites is 1. The minimum absolute atomic E-state index is 0.177. The molecule has 23 heavy (non-hydrogen) atoms. The summed E-state index contributed by atoms with van der Waals surface area (Å²) < 4.78 is 7.09. The number of rotatable bonds is 4. The second-order valence-corrected chi connectivity index (χ2v) is 7.32. The van der Waals surface area contributed by atoms with Gasteiger partial charge in [0.25, 0.3) is 0 Å². The lowest BCUT2D eigenvalue weighted by molar-refractivity contribution is -0.0993. The number of halogens is 1. The molecule has 0 aliphatic carbocycles. The van der Waals surface area contributed by atoms with Crippen LogP contribution in [0.3, 0.4) is 0 Å². The summed E-state index contributed by atoms with van der Waals surface area (Å²) >= 11 is 3.51. The van der Waals surface area contributed by atoms with Crippen LogP contribution in [0.25, 0.3) is 0 Å². The van der Waals surface area contributed by atoms with E-state index in [9.17, 15) is 5.11 Å². The molecule has 122 valence electrons. The zero-order valence-electron chi connectivity index (χ0n) is 13.3. The van der Waals surface area contributed by atoms with Gasteiger partial charge in [0.15, 0.2) is 0 Å². The first kappa shape index (κ1) is 16.5. The molecular formula is C19H22BrNO2. The van der Waals surface area contributed by atoms with Crippen LogP contribution in [0.5, 0.6) is 5.75 Å². The zero-order valence-corrected chi connectivity index (χ0v) is 14.9. The quantitative estimate of drug-likeness (QED) is 0.880. The van der Waals surface area contributed by atoms with E-state index in [2.05, 4.69) is 33.0 Å². The molecule has 1 N–H and O–H groups in total. The molecule has 1 aliphatic rings. The minimum atomic E-state index is -0.861. The Kier molecular flexibility index (Phi) is 5.05.